The molecule has 3 fully saturated rings. The van der Waals surface area contributed by atoms with Crippen LogP contribution in [0.15, 0.2) is 85.2 Å². The van der Waals surface area contributed by atoms with Gasteiger partial charge < -0.3 is 35.0 Å². The number of aromatic hydroxyl groups is 1. The summed E-state index contributed by atoms with van der Waals surface area (Å²) in [4.78, 5) is 22.0. The van der Waals surface area contributed by atoms with Crippen LogP contribution in [0.5, 0.6) is 5.75 Å². The molecule has 4 aliphatic rings. The molecule has 0 bridgehead atoms. The predicted octanol–water partition coefficient (Wildman–Crippen LogP) is 7.55. The van der Waals surface area contributed by atoms with Gasteiger partial charge in [0.1, 0.15) is 11.4 Å². The number of phenols is 1. The van der Waals surface area contributed by atoms with E-state index in [4.69, 9.17) is 8.48 Å². The van der Waals surface area contributed by atoms with Crippen molar-refractivity contribution >= 4 is 34.0 Å². The van der Waals surface area contributed by atoms with E-state index >= 15 is 4.39 Å². The summed E-state index contributed by atoms with van der Waals surface area (Å²) in [6, 6.07) is 21.7. The van der Waals surface area contributed by atoms with Gasteiger partial charge in [0, 0.05) is 119 Å². The highest BCUT2D eigenvalue weighted by Gasteiger charge is 2.39. The van der Waals surface area contributed by atoms with Crippen molar-refractivity contribution in [1.29, 1.82) is 0 Å². The topological polar surface area (TPSA) is 119 Å². The summed E-state index contributed by atoms with van der Waals surface area (Å²) in [5.74, 6) is 0.695. The largest absolute Gasteiger partial charge is 0.507 e. The Morgan fingerprint density at radius 3 is 2.58 bits per heavy atom. The lowest BCUT2D eigenvalue weighted by Crippen LogP contribution is -2.51. The van der Waals surface area contributed by atoms with Gasteiger partial charge in [0.25, 0.3) is 5.91 Å². The van der Waals surface area contributed by atoms with Gasteiger partial charge in [-0.3, -0.25) is 10.1 Å². The normalized spacial score (nSPS) is 23.4. The van der Waals surface area contributed by atoms with Gasteiger partial charge in [-0.25, -0.2) is 4.39 Å². The van der Waals surface area contributed by atoms with Gasteiger partial charge in [-0.15, -0.1) is 10.2 Å². The minimum atomic E-state index is -1.33. The Balaban J connectivity index is 0.781. The highest BCUT2D eigenvalue weighted by molar-refractivity contribution is 5.94. The number of phenolic OH excluding ortho intramolecular Hbond substituents is 1. The number of benzene rings is 3. The number of aromatic nitrogens is 3. The number of nitrogens with one attached hydrogen (secondary N) is 1. The van der Waals surface area contributed by atoms with Crippen LogP contribution in [0.3, 0.4) is 0 Å². The van der Waals surface area contributed by atoms with Gasteiger partial charge in [0.2, 0.25) is 0 Å². The van der Waals surface area contributed by atoms with Crippen molar-refractivity contribution in [3.63, 3.8) is 0 Å². The monoisotopic (exact) mass is 799 g/mol. The third kappa shape index (κ3) is 7.88. The Morgan fingerprint density at radius 1 is 0.983 bits per heavy atom. The van der Waals surface area contributed by atoms with Crippen LogP contribution >= 0.6 is 0 Å². The number of hydrogen-bond acceptors (Lipinski definition) is 9. The molecule has 4 aliphatic heterocycles. The fraction of sp³-hybridized carbons (Fsp3) is 0.426. The minimum absolute atomic E-state index is 0.0403. The first kappa shape index (κ1) is 36.6. The molecule has 3 atom stereocenters. The number of hydrogen-bond donors (Lipinski definition) is 3. The molecule has 2 aromatic heterocycles. The van der Waals surface area contributed by atoms with Crippen LogP contribution in [0.25, 0.3) is 22.2 Å². The van der Waals surface area contributed by atoms with Gasteiger partial charge in [0.15, 0.2) is 5.82 Å². The maximum atomic E-state index is 16.4. The van der Waals surface area contributed by atoms with E-state index in [1.165, 1.54) is 11.1 Å². The fourth-order valence-corrected chi connectivity index (χ4v) is 9.87. The van der Waals surface area contributed by atoms with Crippen LogP contribution in [-0.2, 0) is 0 Å². The summed E-state index contributed by atoms with van der Waals surface area (Å²) < 4.78 is 35.1. The lowest BCUT2D eigenvalue weighted by Gasteiger charge is -2.41. The van der Waals surface area contributed by atoms with E-state index in [9.17, 15) is 9.90 Å². The average molecular weight is 800 g/mol. The first-order valence-electron chi connectivity index (χ1n) is 22.2. The number of para-hydroxylation sites is 1. The van der Waals surface area contributed by atoms with E-state index in [1.54, 1.807) is 18.2 Å². The number of carbonyl (C=O) groups is 1. The van der Waals surface area contributed by atoms with E-state index in [2.05, 4.69) is 74.2 Å². The highest BCUT2D eigenvalue weighted by atomic mass is 19.1. The number of piperidine rings is 3. The van der Waals surface area contributed by atoms with Crippen LogP contribution in [-0.4, -0.2) is 100 Å². The van der Waals surface area contributed by atoms with Crippen molar-refractivity contribution < 1.29 is 17.0 Å². The molecule has 59 heavy (non-hydrogen) atoms. The van der Waals surface area contributed by atoms with Crippen molar-refractivity contribution in [3.05, 3.63) is 107 Å². The van der Waals surface area contributed by atoms with E-state index < -0.39 is 18.8 Å². The molecule has 5 aromatic rings. The number of alkyl halides is 1. The van der Waals surface area contributed by atoms with E-state index in [0.29, 0.717) is 61.2 Å². The molecule has 3 saturated heterocycles. The number of amides is 1. The van der Waals surface area contributed by atoms with E-state index in [1.807, 2.05) is 46.3 Å². The molecular weight excluding hydrogens is 742 g/mol. The Kier molecular flexibility index (Phi) is 10.1. The lowest BCUT2D eigenvalue weighted by atomic mass is 9.86. The second kappa shape index (κ2) is 16.3. The molecule has 6 heterocycles. The van der Waals surface area contributed by atoms with E-state index in [-0.39, 0.29) is 17.6 Å². The molecule has 4 N–H and O–H groups in total. The summed E-state index contributed by atoms with van der Waals surface area (Å²) >= 11 is 0. The summed E-state index contributed by atoms with van der Waals surface area (Å²) in [5.41, 5.74) is 13.2. The molecule has 12 heteroatoms. The third-order valence-electron chi connectivity index (χ3n) is 13.2. The zero-order chi connectivity index (χ0) is 42.4. The molecule has 2 unspecified atom stereocenters. The summed E-state index contributed by atoms with van der Waals surface area (Å²) in [6.07, 6.45) is 10.3. The number of nitrogens with zero attached hydrogens (tertiary/aromatic N) is 7. The maximum Gasteiger partial charge on any atom is 0.253 e. The average Bonchev–Trinajstić information content (AvgIpc) is 3.70. The van der Waals surface area contributed by atoms with Gasteiger partial charge in [-0.2, -0.15) is 0 Å². The molecular formula is C47H56FN9O2. The Morgan fingerprint density at radius 2 is 1.80 bits per heavy atom. The smallest absolute Gasteiger partial charge is 0.253 e. The first-order valence-corrected chi connectivity index (χ1v) is 21.1. The number of halogens is 1. The van der Waals surface area contributed by atoms with Crippen molar-refractivity contribution in [2.75, 3.05) is 74.5 Å². The Hall–Kier alpha value is -5.46. The molecule has 11 nitrogen and oxygen atoms in total. The molecule has 0 radical (unpaired) electrons. The number of nitrogen functional groups attached to an aromatic ring is 1. The zero-order valence-corrected chi connectivity index (χ0v) is 34.0. The number of rotatable bonds is 8. The van der Waals surface area contributed by atoms with Crippen molar-refractivity contribution in [2.45, 2.75) is 70.0 Å². The van der Waals surface area contributed by atoms with E-state index in [0.717, 1.165) is 79.8 Å². The van der Waals surface area contributed by atoms with Crippen molar-refractivity contribution in [3.8, 4) is 17.0 Å². The van der Waals surface area contributed by atoms with Crippen LogP contribution in [0.1, 0.15) is 80.3 Å². The second-order valence-corrected chi connectivity index (χ2v) is 16.9. The second-order valence-electron chi connectivity index (χ2n) is 16.9. The summed E-state index contributed by atoms with van der Waals surface area (Å²) in [5, 5.41) is 23.0. The predicted molar refractivity (Wildman–Crippen MR) is 234 cm³/mol. The van der Waals surface area contributed by atoms with Gasteiger partial charge in [-0.1, -0.05) is 24.3 Å². The third-order valence-corrected chi connectivity index (χ3v) is 13.2. The quantitative estimate of drug-likeness (QED) is 0.146. The van der Waals surface area contributed by atoms with Crippen LogP contribution in [0.2, 0.25) is 0 Å². The highest BCUT2D eigenvalue weighted by Crippen LogP contribution is 2.38. The van der Waals surface area contributed by atoms with Crippen molar-refractivity contribution in [2.24, 2.45) is 0 Å². The zero-order valence-electron chi connectivity index (χ0n) is 36.0. The maximum absolute atomic E-state index is 16.4. The van der Waals surface area contributed by atoms with Gasteiger partial charge in [-0.05, 0) is 105 Å². The van der Waals surface area contributed by atoms with Crippen molar-refractivity contribution in [1.82, 2.24) is 29.9 Å². The van der Waals surface area contributed by atoms with Crippen LogP contribution in [0.4, 0.5) is 21.6 Å². The number of fused-ring (bicyclic) bond motifs is 1. The standard InChI is InChI=1S/C47H56FN9O2/c1-32-27-34(10-11-37(32)35-7-5-20-55(29-35)43-28-40(51-52-45(43)49)39-8-3-4-9-44(39)58)46(59)54-25-17-47(48,18-26-54)30-53-22-14-36(15-23-53)57-24-16-38-33(2)41(12-13-42(38)57)56-21-6-19-50-31-56/h3-4,6,8-13,16,21,24,27-28,35-36,50,58H,5,7,14-15,17-20,22-23,25-26,29-31H2,1-2H3,(H2,49,52)/i19D,31D/t19?,31-,35?/m1/s1. The Bertz CT molecular complexity index is 2440. The van der Waals surface area contributed by atoms with Gasteiger partial charge >= 0.3 is 0 Å². The van der Waals surface area contributed by atoms with Crippen LogP contribution < -0.4 is 20.9 Å². The molecule has 0 saturated carbocycles. The molecule has 3 aromatic carbocycles. The minimum Gasteiger partial charge on any atom is -0.507 e. The summed E-state index contributed by atoms with van der Waals surface area (Å²) in [6.45, 7) is 7.30. The number of anilines is 3. The summed E-state index contributed by atoms with van der Waals surface area (Å²) in [7, 11) is 0. The van der Waals surface area contributed by atoms with Crippen LogP contribution in [0, 0.1) is 13.8 Å². The van der Waals surface area contributed by atoms with Gasteiger partial charge in [0.05, 0.1) is 19.4 Å². The SMILES string of the molecule is [2H]C1C=CN(c2ccc3c(ccn3C3CCN(CC4(F)CCN(C(=O)c5ccc(C6CCCN(c7cc(-c8ccccc8O)nnc7N)C6)c(C)c5)CC4)CC3)c2C)[C@H]([2H])N1. The molecule has 0 aliphatic carbocycles. The fourth-order valence-electron chi connectivity index (χ4n) is 9.87. The molecule has 0 spiro atoms. The number of carbonyl (C=O) groups excluding carboxylic acids is 1. The molecule has 9 rings (SSSR count). The number of aryl methyl sites for hydroxylation is 2. The Labute approximate surface area is 349 Å². The molecule has 1 amide bonds. The number of nitrogens with two attached hydrogens (primary N) is 1. The first-order chi connectivity index (χ1) is 29.4. The molecule has 308 valence electrons. The lowest BCUT2D eigenvalue weighted by molar-refractivity contribution is 0.0158. The number of likely N-dealkylation sites (tertiary alicyclic amines) is 2.